The van der Waals surface area contributed by atoms with E-state index in [0.717, 1.165) is 5.56 Å². The van der Waals surface area contributed by atoms with Crippen molar-refractivity contribution in [3.8, 4) is 11.5 Å². The number of aliphatic hydroxyl groups is 1. The molecule has 4 rings (SSSR count). The lowest BCUT2D eigenvalue weighted by molar-refractivity contribution is -0.168. The number of fused-ring (bicyclic) bond motifs is 1. The lowest BCUT2D eigenvalue weighted by atomic mass is 9.60. The van der Waals surface area contributed by atoms with Gasteiger partial charge in [0.15, 0.2) is 5.60 Å². The van der Waals surface area contributed by atoms with Gasteiger partial charge in [0.2, 0.25) is 0 Å². The summed E-state index contributed by atoms with van der Waals surface area (Å²) in [6.07, 6.45) is 0.176. The van der Waals surface area contributed by atoms with Crippen LogP contribution in [0.25, 0.3) is 0 Å². The number of carboxylic acids is 1. The number of hydrogen-bond donors (Lipinski definition) is 2. The van der Waals surface area contributed by atoms with Crippen molar-refractivity contribution in [2.45, 2.75) is 44.3 Å². The second kappa shape index (κ2) is 10.5. The topological polar surface area (TPSA) is 102 Å². The first-order valence-electron chi connectivity index (χ1n) is 12.3. The van der Waals surface area contributed by atoms with E-state index in [4.69, 9.17) is 14.2 Å². The van der Waals surface area contributed by atoms with Gasteiger partial charge in [0, 0.05) is 22.5 Å². The summed E-state index contributed by atoms with van der Waals surface area (Å²) in [5, 5.41) is 22.2. The fourth-order valence-corrected chi connectivity index (χ4v) is 5.29. The Bertz CT molecular complexity index is 1350. The molecular weight excluding hydrogens is 491 g/mol. The Morgan fingerprint density at radius 1 is 1.08 bits per heavy atom. The normalized spacial score (nSPS) is 16.5. The van der Waals surface area contributed by atoms with E-state index in [0.29, 0.717) is 33.8 Å². The number of halogens is 1. The zero-order valence-corrected chi connectivity index (χ0v) is 21.8. The highest BCUT2D eigenvalue weighted by molar-refractivity contribution is 5.93. The third-order valence-electron chi connectivity index (χ3n) is 7.91. The Hall–Kier alpha value is -3.91. The molecule has 1 heterocycles. The van der Waals surface area contributed by atoms with Gasteiger partial charge in [-0.15, -0.1) is 0 Å². The molecule has 0 bridgehead atoms. The van der Waals surface area contributed by atoms with Crippen LogP contribution in [-0.4, -0.2) is 42.0 Å². The van der Waals surface area contributed by atoms with E-state index >= 15 is 0 Å². The highest BCUT2D eigenvalue weighted by Gasteiger charge is 2.52. The predicted molar refractivity (Wildman–Crippen MR) is 138 cm³/mol. The Morgan fingerprint density at radius 3 is 2.42 bits per heavy atom. The van der Waals surface area contributed by atoms with Crippen LogP contribution in [0.5, 0.6) is 11.5 Å². The van der Waals surface area contributed by atoms with Crippen LogP contribution in [0.2, 0.25) is 0 Å². The van der Waals surface area contributed by atoms with Gasteiger partial charge in [0.1, 0.15) is 23.9 Å². The largest absolute Gasteiger partial charge is 0.497 e. The molecule has 3 unspecified atom stereocenters. The van der Waals surface area contributed by atoms with E-state index in [1.54, 1.807) is 51.3 Å². The van der Waals surface area contributed by atoms with Gasteiger partial charge in [-0.25, -0.2) is 14.0 Å². The maximum Gasteiger partial charge on any atom is 0.338 e. The number of carboxylic acid groups (broad SMARTS) is 1. The molecule has 7 nitrogen and oxygen atoms in total. The van der Waals surface area contributed by atoms with Crippen molar-refractivity contribution in [2.24, 2.45) is 5.92 Å². The molecule has 3 atom stereocenters. The minimum absolute atomic E-state index is 0.0768. The maximum atomic E-state index is 14.6. The van der Waals surface area contributed by atoms with Crippen LogP contribution in [0.1, 0.15) is 52.9 Å². The highest BCUT2D eigenvalue weighted by atomic mass is 19.1. The van der Waals surface area contributed by atoms with Crippen LogP contribution in [-0.2, 0) is 28.0 Å². The molecule has 0 amide bonds. The van der Waals surface area contributed by atoms with Gasteiger partial charge in [-0.2, -0.15) is 0 Å². The van der Waals surface area contributed by atoms with E-state index in [-0.39, 0.29) is 19.4 Å². The number of rotatable bonds is 10. The molecule has 3 aromatic rings. The number of cyclic esters (lactones) is 1. The van der Waals surface area contributed by atoms with E-state index in [1.165, 1.54) is 25.3 Å². The molecule has 1 aliphatic rings. The fraction of sp³-hybridized carbons (Fsp3) is 0.333. The number of ether oxygens (including phenoxy) is 3. The summed E-state index contributed by atoms with van der Waals surface area (Å²) >= 11 is 0. The number of benzene rings is 3. The SMILES string of the molecule is COc1ccc(CCC(O)(C(=O)O)C(C)C(C)(c2ccc3c(c2)COC3=O)c2cc(F)ccc2OC)cc1. The molecule has 8 heteroatoms. The van der Waals surface area contributed by atoms with Gasteiger partial charge in [0.05, 0.1) is 19.8 Å². The van der Waals surface area contributed by atoms with Crippen LogP contribution < -0.4 is 9.47 Å². The Labute approximate surface area is 220 Å². The molecule has 0 radical (unpaired) electrons. The van der Waals surface area contributed by atoms with Crippen LogP contribution in [0, 0.1) is 11.7 Å². The number of aliphatic carboxylic acids is 1. The average molecular weight is 523 g/mol. The molecule has 2 N–H and O–H groups in total. The molecule has 0 fully saturated rings. The monoisotopic (exact) mass is 522 g/mol. The molecular formula is C30H31FO7. The van der Waals surface area contributed by atoms with Gasteiger partial charge in [-0.05, 0) is 60.4 Å². The van der Waals surface area contributed by atoms with Crippen LogP contribution in [0.15, 0.2) is 60.7 Å². The lowest BCUT2D eigenvalue weighted by Crippen LogP contribution is -2.53. The van der Waals surface area contributed by atoms with Crippen molar-refractivity contribution in [1.82, 2.24) is 0 Å². The first-order valence-corrected chi connectivity index (χ1v) is 12.3. The van der Waals surface area contributed by atoms with Gasteiger partial charge in [-0.1, -0.05) is 38.1 Å². The van der Waals surface area contributed by atoms with Crippen molar-refractivity contribution in [1.29, 1.82) is 0 Å². The molecule has 38 heavy (non-hydrogen) atoms. The fourth-order valence-electron chi connectivity index (χ4n) is 5.29. The summed E-state index contributed by atoms with van der Waals surface area (Å²) in [4.78, 5) is 24.8. The van der Waals surface area contributed by atoms with Crippen LogP contribution in [0.4, 0.5) is 4.39 Å². The standard InChI is InChI=1S/C30H31FO7/c1-18(30(35,28(33)34)14-13-19-5-9-23(36-3)10-6-19)29(2,25-16-22(31)8-12-26(25)37-4)21-7-11-24-20(15-21)17-38-27(24)32/h5-12,15-16,18,35H,13-14,17H2,1-4H3,(H,33,34). The predicted octanol–water partition coefficient (Wildman–Crippen LogP) is 4.90. The summed E-state index contributed by atoms with van der Waals surface area (Å²) < 4.78 is 30.5. The van der Waals surface area contributed by atoms with Crippen LogP contribution in [0.3, 0.4) is 0 Å². The molecule has 3 aromatic carbocycles. The molecule has 0 aromatic heterocycles. The highest BCUT2D eigenvalue weighted by Crippen LogP contribution is 2.49. The first kappa shape index (κ1) is 27.1. The maximum absolute atomic E-state index is 14.6. The van der Waals surface area contributed by atoms with Crippen LogP contribution >= 0.6 is 0 Å². The van der Waals surface area contributed by atoms with Crippen molar-refractivity contribution < 1.29 is 38.4 Å². The quantitative estimate of drug-likeness (QED) is 0.365. The van der Waals surface area contributed by atoms with Gasteiger partial charge < -0.3 is 24.4 Å². The molecule has 1 aliphatic heterocycles. The molecule has 0 spiro atoms. The van der Waals surface area contributed by atoms with Crippen molar-refractivity contribution in [2.75, 3.05) is 14.2 Å². The molecule has 0 aliphatic carbocycles. The van der Waals surface area contributed by atoms with Crippen molar-refractivity contribution >= 4 is 11.9 Å². The molecule has 0 saturated carbocycles. The lowest BCUT2D eigenvalue weighted by Gasteiger charge is -2.44. The summed E-state index contributed by atoms with van der Waals surface area (Å²) in [7, 11) is 3.01. The van der Waals surface area contributed by atoms with Crippen molar-refractivity contribution in [3.63, 3.8) is 0 Å². The van der Waals surface area contributed by atoms with Crippen molar-refractivity contribution in [3.05, 3.63) is 94.3 Å². The third kappa shape index (κ3) is 4.72. The van der Waals surface area contributed by atoms with E-state index in [1.807, 2.05) is 12.1 Å². The number of aryl methyl sites for hydroxylation is 1. The first-order chi connectivity index (χ1) is 18.0. The van der Waals surface area contributed by atoms with Gasteiger partial charge in [0.25, 0.3) is 0 Å². The number of hydrogen-bond acceptors (Lipinski definition) is 6. The Kier molecular flexibility index (Phi) is 7.47. The zero-order chi connectivity index (χ0) is 27.7. The third-order valence-corrected chi connectivity index (χ3v) is 7.91. The minimum atomic E-state index is -2.21. The second-order valence-electron chi connectivity index (χ2n) is 9.79. The summed E-state index contributed by atoms with van der Waals surface area (Å²) in [6, 6.07) is 16.3. The summed E-state index contributed by atoms with van der Waals surface area (Å²) in [6.45, 7) is 3.48. The molecule has 0 saturated heterocycles. The summed E-state index contributed by atoms with van der Waals surface area (Å²) in [5.41, 5.74) is -0.604. The minimum Gasteiger partial charge on any atom is -0.497 e. The van der Waals surface area contributed by atoms with E-state index in [2.05, 4.69) is 0 Å². The smallest absolute Gasteiger partial charge is 0.338 e. The second-order valence-corrected chi connectivity index (χ2v) is 9.79. The number of methoxy groups -OCH3 is 2. The van der Waals surface area contributed by atoms with E-state index < -0.39 is 34.7 Å². The molecule has 200 valence electrons. The van der Waals surface area contributed by atoms with Gasteiger partial charge >= 0.3 is 11.9 Å². The van der Waals surface area contributed by atoms with E-state index in [9.17, 15) is 24.2 Å². The van der Waals surface area contributed by atoms with Gasteiger partial charge in [-0.3, -0.25) is 0 Å². The Morgan fingerprint density at radius 2 is 1.79 bits per heavy atom. The zero-order valence-electron chi connectivity index (χ0n) is 21.8. The average Bonchev–Trinajstić information content (AvgIpc) is 3.30. The number of carbonyl (C=O) groups is 2. The summed E-state index contributed by atoms with van der Waals surface area (Å²) in [5.74, 6) is -2.32. The Balaban J connectivity index is 1.84. The number of esters is 1. The number of carbonyl (C=O) groups excluding carboxylic acids is 1.